The van der Waals surface area contributed by atoms with Crippen LogP contribution in [-0.2, 0) is 0 Å². The Balaban J connectivity index is 1.70. The molecule has 0 spiro atoms. The van der Waals surface area contributed by atoms with Crippen LogP contribution in [-0.4, -0.2) is 17.1 Å². The predicted octanol–water partition coefficient (Wildman–Crippen LogP) is 2.86. The third kappa shape index (κ3) is 2.95. The van der Waals surface area contributed by atoms with Crippen LogP contribution in [0.25, 0.3) is 11.0 Å². The number of benzene rings is 2. The lowest BCUT2D eigenvalue weighted by atomic mass is 10.2. The number of methoxy groups -OCH3 is 1. The van der Waals surface area contributed by atoms with Crippen molar-refractivity contribution in [1.29, 1.82) is 0 Å². The summed E-state index contributed by atoms with van der Waals surface area (Å²) in [5, 5.41) is 6.30. The van der Waals surface area contributed by atoms with Crippen molar-refractivity contribution < 1.29 is 4.74 Å². The lowest BCUT2D eigenvalue weighted by Crippen LogP contribution is -2.07. The molecule has 0 saturated heterocycles. The summed E-state index contributed by atoms with van der Waals surface area (Å²) in [4.78, 5) is 16.7. The molecule has 0 aliphatic carbocycles. The Hall–Kier alpha value is -3.15. The summed E-state index contributed by atoms with van der Waals surface area (Å²) in [5.41, 5.74) is 3.02. The summed E-state index contributed by atoms with van der Waals surface area (Å²) in [6, 6.07) is 13.1. The van der Waals surface area contributed by atoms with Gasteiger partial charge in [-0.25, -0.2) is 4.79 Å². The first-order valence-electron chi connectivity index (χ1n) is 6.73. The number of imidazole rings is 1. The molecule has 3 aromatic rings. The van der Waals surface area contributed by atoms with Gasteiger partial charge in [0.1, 0.15) is 11.6 Å². The van der Waals surface area contributed by atoms with Gasteiger partial charge in [-0.3, -0.25) is 0 Å². The molecule has 0 amide bonds. The van der Waals surface area contributed by atoms with Crippen molar-refractivity contribution in [3.8, 4) is 5.75 Å². The molecule has 0 atom stereocenters. The molecule has 0 bridgehead atoms. The second-order valence-corrected chi connectivity index (χ2v) is 4.80. The van der Waals surface area contributed by atoms with E-state index in [1.165, 1.54) is 0 Å². The van der Waals surface area contributed by atoms with Gasteiger partial charge < -0.3 is 25.3 Å². The first-order chi connectivity index (χ1) is 10.6. The van der Waals surface area contributed by atoms with E-state index in [0.717, 1.165) is 28.2 Å². The molecule has 6 nitrogen and oxygen atoms in total. The highest BCUT2D eigenvalue weighted by molar-refractivity contribution is 5.79. The normalized spacial score (nSPS) is 10.4. The average molecular weight is 296 g/mol. The van der Waals surface area contributed by atoms with E-state index >= 15 is 0 Å². The minimum atomic E-state index is -0.220. The highest BCUT2D eigenvalue weighted by Gasteiger charge is 2.01. The van der Waals surface area contributed by atoms with Crippen LogP contribution in [0.2, 0.25) is 0 Å². The summed E-state index contributed by atoms with van der Waals surface area (Å²) in [7, 11) is 1.63. The number of rotatable bonds is 5. The molecular formula is C16H16N4O2. The van der Waals surface area contributed by atoms with Crippen molar-refractivity contribution in [2.24, 2.45) is 0 Å². The maximum absolute atomic E-state index is 11.2. The van der Waals surface area contributed by atoms with Gasteiger partial charge >= 0.3 is 5.69 Å². The number of hydrogen-bond donors (Lipinski definition) is 4. The lowest BCUT2D eigenvalue weighted by molar-refractivity contribution is 0.415. The van der Waals surface area contributed by atoms with Crippen molar-refractivity contribution in [1.82, 2.24) is 9.97 Å². The van der Waals surface area contributed by atoms with E-state index in [1.807, 2.05) is 42.5 Å². The zero-order valence-electron chi connectivity index (χ0n) is 12.1. The number of nitrogens with one attached hydrogen (secondary N) is 4. The first kappa shape index (κ1) is 13.8. The van der Waals surface area contributed by atoms with Crippen molar-refractivity contribution in [2.75, 3.05) is 17.7 Å². The first-order valence-corrected chi connectivity index (χ1v) is 6.73. The Kier molecular flexibility index (Phi) is 3.57. The second kappa shape index (κ2) is 5.69. The maximum Gasteiger partial charge on any atom is 0.323 e. The summed E-state index contributed by atoms with van der Waals surface area (Å²) in [5.74, 6) is 1.42. The Morgan fingerprint density at radius 3 is 2.36 bits per heavy atom. The van der Waals surface area contributed by atoms with Crippen molar-refractivity contribution in [2.45, 2.75) is 0 Å². The van der Waals surface area contributed by atoms with Crippen LogP contribution in [0.15, 0.2) is 59.7 Å². The van der Waals surface area contributed by atoms with Gasteiger partial charge in [0.25, 0.3) is 0 Å². The largest absolute Gasteiger partial charge is 0.497 e. The van der Waals surface area contributed by atoms with E-state index in [9.17, 15) is 4.79 Å². The molecule has 0 aliphatic rings. The Morgan fingerprint density at radius 1 is 1.00 bits per heavy atom. The number of aromatic amines is 2. The van der Waals surface area contributed by atoms with Gasteiger partial charge in [-0.2, -0.15) is 0 Å². The fourth-order valence-electron chi connectivity index (χ4n) is 2.16. The molecule has 4 N–H and O–H groups in total. The summed E-state index contributed by atoms with van der Waals surface area (Å²) >= 11 is 0. The van der Waals surface area contributed by atoms with Crippen LogP contribution in [0.1, 0.15) is 0 Å². The summed E-state index contributed by atoms with van der Waals surface area (Å²) in [6.07, 6.45) is 0. The van der Waals surface area contributed by atoms with Crippen LogP contribution < -0.4 is 21.1 Å². The van der Waals surface area contributed by atoms with E-state index in [4.69, 9.17) is 4.74 Å². The molecule has 0 unspecified atom stereocenters. The minimum absolute atomic E-state index is 0.220. The van der Waals surface area contributed by atoms with Gasteiger partial charge in [-0.05, 0) is 42.5 Å². The molecule has 2 aromatic carbocycles. The van der Waals surface area contributed by atoms with E-state index in [0.29, 0.717) is 5.82 Å². The van der Waals surface area contributed by atoms with Gasteiger partial charge in [0, 0.05) is 11.4 Å². The topological polar surface area (TPSA) is 81.9 Å². The fourth-order valence-corrected chi connectivity index (χ4v) is 2.16. The maximum atomic E-state index is 11.2. The Labute approximate surface area is 126 Å². The van der Waals surface area contributed by atoms with Crippen molar-refractivity contribution in [3.05, 3.63) is 65.3 Å². The number of anilines is 2. The van der Waals surface area contributed by atoms with Crippen molar-refractivity contribution >= 4 is 22.4 Å². The van der Waals surface area contributed by atoms with Gasteiger partial charge in [-0.15, -0.1) is 0 Å². The number of H-pyrrole nitrogens is 2. The smallest absolute Gasteiger partial charge is 0.323 e. The Bertz CT molecular complexity index is 862. The molecule has 1 heterocycles. The molecule has 22 heavy (non-hydrogen) atoms. The highest BCUT2D eigenvalue weighted by Crippen LogP contribution is 2.19. The quantitative estimate of drug-likeness (QED) is 0.583. The molecule has 0 aliphatic heterocycles. The van der Waals surface area contributed by atoms with Crippen LogP contribution in [0.4, 0.5) is 11.4 Å². The average Bonchev–Trinajstić information content (AvgIpc) is 2.87. The van der Waals surface area contributed by atoms with Gasteiger partial charge in [0.15, 0.2) is 0 Å². The Morgan fingerprint density at radius 2 is 1.64 bits per heavy atom. The van der Waals surface area contributed by atoms with Crippen LogP contribution in [0.5, 0.6) is 5.75 Å². The van der Waals surface area contributed by atoms with Gasteiger partial charge in [0.2, 0.25) is 0 Å². The number of ether oxygens (including phenoxy) is 1. The predicted molar refractivity (Wildman–Crippen MR) is 88.3 cm³/mol. The lowest BCUT2D eigenvalue weighted by Gasteiger charge is -2.12. The number of fused-ring (bicyclic) bond motifs is 1. The van der Waals surface area contributed by atoms with Gasteiger partial charge in [-0.1, -0.05) is 6.58 Å². The molecule has 1 aromatic heterocycles. The fraction of sp³-hybridized carbons (Fsp3) is 0.0625. The molecule has 3 rings (SSSR count). The minimum Gasteiger partial charge on any atom is -0.497 e. The second-order valence-electron chi connectivity index (χ2n) is 4.80. The molecule has 112 valence electrons. The third-order valence-electron chi connectivity index (χ3n) is 3.20. The van der Waals surface area contributed by atoms with Crippen LogP contribution in [0, 0.1) is 0 Å². The number of aromatic nitrogens is 2. The SMILES string of the molecule is C=C(Nc1ccc(OC)cc1)Nc1ccc2[nH]c(=O)[nH]c2c1. The van der Waals surface area contributed by atoms with Crippen molar-refractivity contribution in [3.63, 3.8) is 0 Å². The van der Waals surface area contributed by atoms with Crippen LogP contribution >= 0.6 is 0 Å². The molecule has 6 heteroatoms. The van der Waals surface area contributed by atoms with Crippen LogP contribution in [0.3, 0.4) is 0 Å². The molecule has 0 saturated carbocycles. The molecular weight excluding hydrogens is 280 g/mol. The zero-order chi connectivity index (χ0) is 15.5. The van der Waals surface area contributed by atoms with E-state index in [1.54, 1.807) is 7.11 Å². The highest BCUT2D eigenvalue weighted by atomic mass is 16.5. The van der Waals surface area contributed by atoms with E-state index < -0.39 is 0 Å². The third-order valence-corrected chi connectivity index (χ3v) is 3.20. The number of hydrogen-bond acceptors (Lipinski definition) is 4. The van der Waals surface area contributed by atoms with Gasteiger partial charge in [0.05, 0.1) is 18.1 Å². The standard InChI is InChI=1S/C16H16N4O2/c1-10(17-11-3-6-13(22-2)7-4-11)18-12-5-8-14-15(9-12)20-16(21)19-14/h3-9,17-18H,1H2,2H3,(H2,19,20,21). The summed E-state index contributed by atoms with van der Waals surface area (Å²) < 4.78 is 5.11. The zero-order valence-corrected chi connectivity index (χ0v) is 12.1. The van der Waals surface area contributed by atoms with E-state index in [2.05, 4.69) is 27.2 Å². The monoisotopic (exact) mass is 296 g/mol. The molecule has 0 radical (unpaired) electrons. The van der Waals surface area contributed by atoms with E-state index in [-0.39, 0.29) is 5.69 Å². The molecule has 0 fully saturated rings. The summed E-state index contributed by atoms with van der Waals surface area (Å²) in [6.45, 7) is 3.94.